The van der Waals surface area contributed by atoms with Crippen molar-refractivity contribution in [3.63, 3.8) is 0 Å². The Balaban J connectivity index is 0.00000220. The van der Waals surface area contributed by atoms with Crippen LogP contribution in [0.25, 0.3) is 0 Å². The van der Waals surface area contributed by atoms with Crippen LogP contribution in [0.3, 0.4) is 0 Å². The lowest BCUT2D eigenvalue weighted by atomic mass is 10.1. The summed E-state index contributed by atoms with van der Waals surface area (Å²) >= 11 is 0. The van der Waals surface area contributed by atoms with E-state index < -0.39 is 0 Å². The van der Waals surface area contributed by atoms with E-state index in [2.05, 4.69) is 20.6 Å². The van der Waals surface area contributed by atoms with E-state index >= 15 is 0 Å². The lowest BCUT2D eigenvalue weighted by molar-refractivity contribution is 0.0949. The van der Waals surface area contributed by atoms with Gasteiger partial charge < -0.3 is 16.4 Å². The van der Waals surface area contributed by atoms with Crippen LogP contribution in [0.1, 0.15) is 49.0 Å². The predicted molar refractivity (Wildman–Crippen MR) is 92.8 cm³/mol. The molecule has 1 heterocycles. The number of nitrogens with one attached hydrogen (secondary N) is 2. The molecule has 8 heteroatoms. The van der Waals surface area contributed by atoms with Crippen molar-refractivity contribution < 1.29 is 4.79 Å². The molecule has 1 aliphatic rings. The number of nitrogen functional groups attached to an aromatic ring is 1. The van der Waals surface area contributed by atoms with Gasteiger partial charge in [0.05, 0.1) is 0 Å². The van der Waals surface area contributed by atoms with Crippen LogP contribution in [-0.4, -0.2) is 35.0 Å². The van der Waals surface area contributed by atoms with E-state index in [0.29, 0.717) is 12.6 Å². The molecule has 1 aromatic rings. The Bertz CT molecular complexity index is 439. The van der Waals surface area contributed by atoms with Crippen LogP contribution in [0, 0.1) is 0 Å². The van der Waals surface area contributed by atoms with E-state index in [1.165, 1.54) is 50.9 Å². The van der Waals surface area contributed by atoms with Crippen molar-refractivity contribution in [3.8, 4) is 0 Å². The number of nitrogens with two attached hydrogens (primary N) is 1. The third-order valence-electron chi connectivity index (χ3n) is 3.64. The summed E-state index contributed by atoms with van der Waals surface area (Å²) in [5.41, 5.74) is 5.81. The van der Waals surface area contributed by atoms with Gasteiger partial charge in [0.15, 0.2) is 11.5 Å². The minimum absolute atomic E-state index is 0. The highest BCUT2D eigenvalue weighted by molar-refractivity contribution is 5.96. The maximum atomic E-state index is 11.9. The monoisotopic (exact) mass is 349 g/mol. The third-order valence-corrected chi connectivity index (χ3v) is 3.64. The molecule has 4 N–H and O–H groups in total. The Morgan fingerprint density at radius 3 is 2.36 bits per heavy atom. The number of hydrogen-bond donors (Lipinski definition) is 3. The molecule has 0 atom stereocenters. The van der Waals surface area contributed by atoms with Gasteiger partial charge in [0.25, 0.3) is 5.91 Å². The normalized spacial score (nSPS) is 15.1. The smallest absolute Gasteiger partial charge is 0.273 e. The topological polar surface area (TPSA) is 92.9 Å². The number of hydrogen-bond acceptors (Lipinski definition) is 5. The van der Waals surface area contributed by atoms with Crippen molar-refractivity contribution in [2.45, 2.75) is 44.6 Å². The van der Waals surface area contributed by atoms with E-state index in [9.17, 15) is 4.79 Å². The van der Waals surface area contributed by atoms with Crippen molar-refractivity contribution in [1.29, 1.82) is 0 Å². The average Bonchev–Trinajstić information content (AvgIpc) is 2.72. The largest absolute Gasteiger partial charge is 0.382 e. The molecule has 6 nitrogen and oxygen atoms in total. The Kier molecular flexibility index (Phi) is 10.9. The van der Waals surface area contributed by atoms with Gasteiger partial charge >= 0.3 is 0 Å². The van der Waals surface area contributed by atoms with Gasteiger partial charge in [0, 0.05) is 31.5 Å². The van der Waals surface area contributed by atoms with Crippen molar-refractivity contribution in [3.05, 3.63) is 18.1 Å². The summed E-state index contributed by atoms with van der Waals surface area (Å²) in [5, 5.41) is 6.31. The minimum atomic E-state index is -0.265. The molecule has 1 aromatic heterocycles. The first-order valence-electron chi connectivity index (χ1n) is 7.35. The number of anilines is 1. The van der Waals surface area contributed by atoms with Gasteiger partial charge in [-0.25, -0.2) is 9.97 Å². The summed E-state index contributed by atoms with van der Waals surface area (Å²) in [5.74, 6) is -0.0972. The molecule has 0 bridgehead atoms. The molecule has 1 aliphatic carbocycles. The summed E-state index contributed by atoms with van der Waals surface area (Å²) in [4.78, 5) is 19.6. The van der Waals surface area contributed by atoms with Crippen molar-refractivity contribution >= 4 is 36.5 Å². The number of carbonyl (C=O) groups excluding carboxylic acids is 1. The molecule has 2 rings (SSSR count). The van der Waals surface area contributed by atoms with Gasteiger partial charge in [-0.15, -0.1) is 24.8 Å². The Labute approximate surface area is 143 Å². The maximum Gasteiger partial charge on any atom is 0.273 e. The van der Waals surface area contributed by atoms with E-state index in [0.717, 1.165) is 6.54 Å². The molecule has 22 heavy (non-hydrogen) atoms. The highest BCUT2D eigenvalue weighted by atomic mass is 35.5. The molecular formula is C14H25Cl2N5O. The quantitative estimate of drug-likeness (QED) is 0.558. The third kappa shape index (κ3) is 6.77. The minimum Gasteiger partial charge on any atom is -0.382 e. The summed E-state index contributed by atoms with van der Waals surface area (Å²) in [7, 11) is 0. The van der Waals surface area contributed by atoms with Gasteiger partial charge in [0.1, 0.15) is 0 Å². The number of aromatic nitrogens is 2. The second-order valence-corrected chi connectivity index (χ2v) is 5.19. The number of rotatable bonds is 5. The van der Waals surface area contributed by atoms with Crippen LogP contribution < -0.4 is 16.4 Å². The molecule has 1 saturated carbocycles. The average molecular weight is 350 g/mol. The first kappa shape index (κ1) is 20.9. The van der Waals surface area contributed by atoms with E-state index in [4.69, 9.17) is 5.73 Å². The number of carbonyl (C=O) groups is 1. The molecule has 0 spiro atoms. The van der Waals surface area contributed by atoms with Crippen LogP contribution in [0.2, 0.25) is 0 Å². The molecule has 0 radical (unpaired) electrons. The number of amides is 1. The highest BCUT2D eigenvalue weighted by Crippen LogP contribution is 2.16. The predicted octanol–water partition coefficient (Wildman–Crippen LogP) is 1.94. The summed E-state index contributed by atoms with van der Waals surface area (Å²) in [6, 6.07) is 0.594. The fraction of sp³-hybridized carbons (Fsp3) is 0.643. The molecule has 0 unspecified atom stereocenters. The second kappa shape index (κ2) is 11.5. The Hall–Kier alpha value is -1.11. The molecular weight excluding hydrogens is 325 g/mol. The van der Waals surface area contributed by atoms with Crippen molar-refractivity contribution in [2.24, 2.45) is 0 Å². The van der Waals surface area contributed by atoms with Gasteiger partial charge in [-0.3, -0.25) is 4.79 Å². The standard InChI is InChI=1S/C14H23N5O.2ClH/c15-13-12(17-8-9-18-13)14(20)19-10-7-16-11-5-3-1-2-4-6-11;;/h8-9,11,16H,1-7,10H2,(H2,15,18)(H,19,20);2*1H. The van der Waals surface area contributed by atoms with Crippen LogP contribution in [0.5, 0.6) is 0 Å². The zero-order valence-electron chi connectivity index (χ0n) is 12.6. The molecule has 0 aliphatic heterocycles. The van der Waals surface area contributed by atoms with Crippen LogP contribution in [0.15, 0.2) is 12.4 Å². The fourth-order valence-corrected chi connectivity index (χ4v) is 2.54. The molecule has 0 aromatic carbocycles. The van der Waals surface area contributed by atoms with Gasteiger partial charge in [0.2, 0.25) is 0 Å². The van der Waals surface area contributed by atoms with Gasteiger partial charge in [-0.2, -0.15) is 0 Å². The fourth-order valence-electron chi connectivity index (χ4n) is 2.54. The maximum absolute atomic E-state index is 11.9. The first-order chi connectivity index (χ1) is 9.77. The second-order valence-electron chi connectivity index (χ2n) is 5.19. The molecule has 1 fully saturated rings. The van der Waals surface area contributed by atoms with E-state index in [1.54, 1.807) is 0 Å². The SMILES string of the molecule is Cl.Cl.Nc1nccnc1C(=O)NCCNC1CCCCCC1. The van der Waals surface area contributed by atoms with Crippen LogP contribution in [0.4, 0.5) is 5.82 Å². The Morgan fingerprint density at radius 1 is 1.09 bits per heavy atom. The number of nitrogens with zero attached hydrogens (tertiary/aromatic N) is 2. The van der Waals surface area contributed by atoms with Crippen molar-refractivity contribution in [2.75, 3.05) is 18.8 Å². The Morgan fingerprint density at radius 2 is 1.73 bits per heavy atom. The van der Waals surface area contributed by atoms with E-state index in [1.807, 2.05) is 0 Å². The lowest BCUT2D eigenvalue weighted by Crippen LogP contribution is -2.37. The zero-order valence-corrected chi connectivity index (χ0v) is 14.2. The van der Waals surface area contributed by atoms with E-state index in [-0.39, 0.29) is 42.2 Å². The number of halogens is 2. The highest BCUT2D eigenvalue weighted by Gasteiger charge is 2.13. The summed E-state index contributed by atoms with van der Waals surface area (Å²) < 4.78 is 0. The summed E-state index contributed by atoms with van der Waals surface area (Å²) in [6.07, 6.45) is 10.7. The first-order valence-corrected chi connectivity index (χ1v) is 7.35. The van der Waals surface area contributed by atoms with Crippen LogP contribution >= 0.6 is 24.8 Å². The summed E-state index contributed by atoms with van der Waals surface area (Å²) in [6.45, 7) is 1.35. The van der Waals surface area contributed by atoms with Crippen molar-refractivity contribution in [1.82, 2.24) is 20.6 Å². The molecule has 126 valence electrons. The van der Waals surface area contributed by atoms with Gasteiger partial charge in [-0.05, 0) is 12.8 Å². The molecule has 0 saturated heterocycles. The molecule has 1 amide bonds. The lowest BCUT2D eigenvalue weighted by Gasteiger charge is -2.16. The van der Waals surface area contributed by atoms with Gasteiger partial charge in [-0.1, -0.05) is 25.7 Å². The zero-order chi connectivity index (χ0) is 14.2. The van der Waals surface area contributed by atoms with Crippen LogP contribution in [-0.2, 0) is 0 Å².